The van der Waals surface area contributed by atoms with Crippen LogP contribution in [0, 0.1) is 0 Å². The Bertz CT molecular complexity index is 1140. The van der Waals surface area contributed by atoms with Crippen molar-refractivity contribution in [2.75, 3.05) is 18.2 Å². The number of hydrogen-bond donors (Lipinski definition) is 1. The zero-order chi connectivity index (χ0) is 22.0. The highest BCUT2D eigenvalue weighted by molar-refractivity contribution is 7.99. The number of ether oxygens (including phenoxy) is 1. The fourth-order valence-electron chi connectivity index (χ4n) is 3.62. The molecule has 1 amide bonds. The van der Waals surface area contributed by atoms with E-state index in [1.54, 1.807) is 6.07 Å². The van der Waals surface area contributed by atoms with Gasteiger partial charge in [0.15, 0.2) is 11.0 Å². The second-order valence-electron chi connectivity index (χ2n) is 6.95. The van der Waals surface area contributed by atoms with Gasteiger partial charge < -0.3 is 14.6 Å². The summed E-state index contributed by atoms with van der Waals surface area (Å²) >= 11 is 8.87. The summed E-state index contributed by atoms with van der Waals surface area (Å²) in [7, 11) is 1.36. The van der Waals surface area contributed by atoms with Crippen LogP contribution in [0.3, 0.4) is 0 Å². The van der Waals surface area contributed by atoms with Gasteiger partial charge in [0.05, 0.1) is 18.4 Å². The summed E-state index contributed by atoms with van der Waals surface area (Å²) in [5, 5.41) is 13.3. The third kappa shape index (κ3) is 4.49. The molecule has 0 fully saturated rings. The van der Waals surface area contributed by atoms with Crippen LogP contribution in [0.5, 0.6) is 0 Å². The van der Waals surface area contributed by atoms with E-state index in [0.29, 0.717) is 33.1 Å². The predicted octanol–water partition coefficient (Wildman–Crippen LogP) is 4.69. The van der Waals surface area contributed by atoms with E-state index in [0.717, 1.165) is 35.3 Å². The van der Waals surface area contributed by atoms with Crippen LogP contribution in [-0.4, -0.2) is 39.5 Å². The maximum Gasteiger partial charge on any atom is 0.341 e. The highest BCUT2D eigenvalue weighted by atomic mass is 35.5. The predicted molar refractivity (Wildman–Crippen MR) is 123 cm³/mol. The number of amides is 1. The van der Waals surface area contributed by atoms with Crippen molar-refractivity contribution in [3.63, 3.8) is 0 Å². The topological polar surface area (TPSA) is 86.1 Å². The number of nitrogens with one attached hydrogen (secondary N) is 1. The summed E-state index contributed by atoms with van der Waals surface area (Å²) < 4.78 is 6.88. The number of thiophene rings is 1. The first-order valence-corrected chi connectivity index (χ1v) is 12.0. The Morgan fingerprint density at radius 1 is 1.32 bits per heavy atom. The van der Waals surface area contributed by atoms with E-state index in [9.17, 15) is 9.59 Å². The Hall–Kier alpha value is -2.36. The van der Waals surface area contributed by atoms with Gasteiger partial charge in [0.25, 0.3) is 0 Å². The van der Waals surface area contributed by atoms with Crippen molar-refractivity contribution in [2.45, 2.75) is 37.9 Å². The van der Waals surface area contributed by atoms with Crippen molar-refractivity contribution in [2.24, 2.45) is 0 Å². The highest BCUT2D eigenvalue weighted by Gasteiger charge is 2.28. The molecule has 10 heteroatoms. The third-order valence-corrected chi connectivity index (χ3v) is 7.42. The number of aryl methyl sites for hydroxylation is 1. The number of carbonyl (C=O) groups is 2. The van der Waals surface area contributed by atoms with E-state index in [4.69, 9.17) is 16.3 Å². The van der Waals surface area contributed by atoms with Gasteiger partial charge in [-0.15, -0.1) is 21.5 Å². The molecule has 0 aliphatic heterocycles. The fraction of sp³-hybridized carbons (Fsp3) is 0.333. The number of fused-ring (bicyclic) bond motifs is 1. The second-order valence-corrected chi connectivity index (χ2v) is 9.43. The quantitative estimate of drug-likeness (QED) is 0.393. The first-order valence-electron chi connectivity index (χ1n) is 9.86. The molecular weight excluding hydrogens is 456 g/mol. The van der Waals surface area contributed by atoms with E-state index in [1.165, 1.54) is 30.2 Å². The zero-order valence-electron chi connectivity index (χ0n) is 17.1. The summed E-state index contributed by atoms with van der Waals surface area (Å²) in [5.74, 6) is 0.247. The minimum absolute atomic E-state index is 0.150. The number of esters is 1. The Morgan fingerprint density at radius 3 is 2.90 bits per heavy atom. The Labute approximate surface area is 193 Å². The number of halogens is 1. The summed E-state index contributed by atoms with van der Waals surface area (Å²) in [4.78, 5) is 26.1. The molecule has 2 heterocycles. The van der Waals surface area contributed by atoms with Gasteiger partial charge in [0.1, 0.15) is 5.00 Å². The smallest absolute Gasteiger partial charge is 0.341 e. The maximum absolute atomic E-state index is 12.6. The molecular formula is C21H21ClN4O3S2. The lowest BCUT2D eigenvalue weighted by atomic mass is 10.1. The number of anilines is 1. The van der Waals surface area contributed by atoms with Crippen molar-refractivity contribution in [3.05, 3.63) is 45.3 Å². The number of methoxy groups -OCH3 is 1. The van der Waals surface area contributed by atoms with E-state index < -0.39 is 5.97 Å². The van der Waals surface area contributed by atoms with Crippen molar-refractivity contribution in [3.8, 4) is 11.4 Å². The standard InChI is InChI=1S/C21H21ClN4O3S2/c1-3-26-18(12-6-4-7-13(22)10-12)24-25-21(26)30-11-16(27)23-19-17(20(28)29-2)14-8-5-9-15(14)31-19/h4,6-7,10H,3,5,8-9,11H2,1-2H3,(H,23,27). The second kappa shape index (κ2) is 9.42. The molecule has 0 saturated carbocycles. The molecule has 0 bridgehead atoms. The number of aromatic nitrogens is 3. The van der Waals surface area contributed by atoms with Crippen LogP contribution in [-0.2, 0) is 28.9 Å². The van der Waals surface area contributed by atoms with Crippen molar-refractivity contribution < 1.29 is 14.3 Å². The van der Waals surface area contributed by atoms with Gasteiger partial charge >= 0.3 is 5.97 Å². The lowest BCUT2D eigenvalue weighted by Gasteiger charge is -2.08. The average Bonchev–Trinajstić information content (AvgIpc) is 3.45. The van der Waals surface area contributed by atoms with Crippen molar-refractivity contribution in [1.82, 2.24) is 14.8 Å². The number of benzene rings is 1. The molecule has 0 radical (unpaired) electrons. The van der Waals surface area contributed by atoms with Crippen LogP contribution < -0.4 is 5.32 Å². The molecule has 0 spiro atoms. The van der Waals surface area contributed by atoms with E-state index in [1.807, 2.05) is 29.7 Å². The lowest BCUT2D eigenvalue weighted by molar-refractivity contribution is -0.113. The van der Waals surface area contributed by atoms with Crippen LogP contribution in [0.2, 0.25) is 5.02 Å². The number of carbonyl (C=O) groups excluding carboxylic acids is 2. The highest BCUT2D eigenvalue weighted by Crippen LogP contribution is 2.39. The summed E-state index contributed by atoms with van der Waals surface area (Å²) in [6.45, 7) is 2.65. The number of rotatable bonds is 7. The summed E-state index contributed by atoms with van der Waals surface area (Å²) in [5.41, 5.74) is 2.38. The van der Waals surface area contributed by atoms with Gasteiger partial charge in [-0.1, -0.05) is 35.5 Å². The lowest BCUT2D eigenvalue weighted by Crippen LogP contribution is -2.16. The maximum atomic E-state index is 12.6. The SMILES string of the molecule is CCn1c(SCC(=O)Nc2sc3c(c2C(=O)OC)CCC3)nnc1-c1cccc(Cl)c1. The van der Waals surface area contributed by atoms with Gasteiger partial charge in [-0.25, -0.2) is 4.79 Å². The molecule has 1 aliphatic rings. The molecule has 7 nitrogen and oxygen atoms in total. The molecule has 1 aliphatic carbocycles. The molecule has 31 heavy (non-hydrogen) atoms. The fourth-order valence-corrected chi connectivity index (χ4v) is 5.91. The van der Waals surface area contributed by atoms with E-state index in [-0.39, 0.29) is 11.7 Å². The molecule has 4 rings (SSSR count). The van der Waals surface area contributed by atoms with Gasteiger partial charge in [0.2, 0.25) is 5.91 Å². The molecule has 0 unspecified atom stereocenters. The molecule has 162 valence electrons. The van der Waals surface area contributed by atoms with Crippen molar-refractivity contribution >= 4 is 51.6 Å². The van der Waals surface area contributed by atoms with Crippen LogP contribution in [0.15, 0.2) is 29.4 Å². The molecule has 1 N–H and O–H groups in total. The first-order chi connectivity index (χ1) is 15.0. The normalized spacial score (nSPS) is 12.6. The largest absolute Gasteiger partial charge is 0.465 e. The molecule has 3 aromatic rings. The average molecular weight is 477 g/mol. The molecule has 1 aromatic carbocycles. The zero-order valence-corrected chi connectivity index (χ0v) is 19.5. The minimum Gasteiger partial charge on any atom is -0.465 e. The van der Waals surface area contributed by atoms with Crippen LogP contribution >= 0.6 is 34.7 Å². The molecule has 0 atom stereocenters. The van der Waals surface area contributed by atoms with Gasteiger partial charge in [-0.3, -0.25) is 4.79 Å². The number of nitrogens with zero attached hydrogens (tertiary/aromatic N) is 3. The minimum atomic E-state index is -0.403. The number of hydrogen-bond acceptors (Lipinski definition) is 7. The van der Waals surface area contributed by atoms with Gasteiger partial charge in [-0.2, -0.15) is 0 Å². The first kappa shape index (κ1) is 21.9. The summed E-state index contributed by atoms with van der Waals surface area (Å²) in [6.07, 6.45) is 2.80. The monoisotopic (exact) mass is 476 g/mol. The Kier molecular flexibility index (Phi) is 6.64. The van der Waals surface area contributed by atoms with Gasteiger partial charge in [0, 0.05) is 22.0 Å². The van der Waals surface area contributed by atoms with Crippen LogP contribution in [0.25, 0.3) is 11.4 Å². The van der Waals surface area contributed by atoms with E-state index >= 15 is 0 Å². The molecule has 2 aromatic heterocycles. The van der Waals surface area contributed by atoms with Crippen molar-refractivity contribution in [1.29, 1.82) is 0 Å². The number of thioether (sulfide) groups is 1. The Morgan fingerprint density at radius 2 is 2.16 bits per heavy atom. The Balaban J connectivity index is 1.47. The molecule has 0 saturated heterocycles. The van der Waals surface area contributed by atoms with E-state index in [2.05, 4.69) is 15.5 Å². The third-order valence-electron chi connectivity index (χ3n) is 5.01. The summed E-state index contributed by atoms with van der Waals surface area (Å²) in [6, 6.07) is 7.43. The van der Waals surface area contributed by atoms with Gasteiger partial charge in [-0.05, 0) is 43.9 Å². The van der Waals surface area contributed by atoms with Crippen LogP contribution in [0.4, 0.5) is 5.00 Å². The van der Waals surface area contributed by atoms with Crippen LogP contribution in [0.1, 0.15) is 34.1 Å².